The van der Waals surface area contributed by atoms with Gasteiger partial charge in [0.15, 0.2) is 11.5 Å². The average Bonchev–Trinajstić information content (AvgIpc) is 2.97. The van der Waals surface area contributed by atoms with Gasteiger partial charge in [0, 0.05) is 26.5 Å². The average molecular weight is 284 g/mol. The van der Waals surface area contributed by atoms with Gasteiger partial charge < -0.3 is 10.1 Å². The predicted molar refractivity (Wildman–Crippen MR) is 79.4 cm³/mol. The Kier molecular flexibility index (Phi) is 4.02. The number of hydrogen-bond acceptors (Lipinski definition) is 6. The Morgan fingerprint density at radius 1 is 1.24 bits per heavy atom. The second-order valence-electron chi connectivity index (χ2n) is 4.48. The maximum Gasteiger partial charge on any atom is 0.170 e. The molecule has 0 spiro atoms. The third kappa shape index (κ3) is 2.82. The van der Waals surface area contributed by atoms with Crippen molar-refractivity contribution in [3.05, 3.63) is 36.9 Å². The molecule has 0 aliphatic rings. The van der Waals surface area contributed by atoms with Crippen LogP contribution < -0.4 is 5.32 Å². The highest BCUT2D eigenvalue weighted by Crippen LogP contribution is 2.20. The van der Waals surface area contributed by atoms with Crippen molar-refractivity contribution in [1.82, 2.24) is 24.7 Å². The molecular weight excluding hydrogens is 268 g/mol. The first-order valence-electron chi connectivity index (χ1n) is 6.73. The SMILES string of the molecule is COCCCNc1ncnc2c1cnn2-c1ccccn1. The molecule has 7 nitrogen and oxygen atoms in total. The lowest BCUT2D eigenvalue weighted by atomic mass is 10.3. The van der Waals surface area contributed by atoms with E-state index >= 15 is 0 Å². The van der Waals surface area contributed by atoms with Crippen molar-refractivity contribution in [1.29, 1.82) is 0 Å². The highest BCUT2D eigenvalue weighted by Gasteiger charge is 2.11. The van der Waals surface area contributed by atoms with Crippen LogP contribution in [0.5, 0.6) is 0 Å². The number of aromatic nitrogens is 5. The molecule has 3 aromatic rings. The van der Waals surface area contributed by atoms with Gasteiger partial charge in [-0.1, -0.05) is 6.07 Å². The summed E-state index contributed by atoms with van der Waals surface area (Å²) in [4.78, 5) is 12.9. The van der Waals surface area contributed by atoms with Crippen molar-refractivity contribution in [2.24, 2.45) is 0 Å². The van der Waals surface area contributed by atoms with E-state index in [1.54, 1.807) is 24.2 Å². The van der Waals surface area contributed by atoms with E-state index in [9.17, 15) is 0 Å². The smallest absolute Gasteiger partial charge is 0.170 e. The van der Waals surface area contributed by atoms with Gasteiger partial charge in [0.25, 0.3) is 0 Å². The molecule has 0 radical (unpaired) electrons. The molecule has 0 amide bonds. The summed E-state index contributed by atoms with van der Waals surface area (Å²) in [6.07, 6.45) is 5.93. The third-order valence-corrected chi connectivity index (χ3v) is 3.05. The van der Waals surface area contributed by atoms with Crippen LogP contribution in [0.2, 0.25) is 0 Å². The second kappa shape index (κ2) is 6.27. The number of ether oxygens (including phenoxy) is 1. The fourth-order valence-electron chi connectivity index (χ4n) is 2.05. The van der Waals surface area contributed by atoms with Gasteiger partial charge in [-0.3, -0.25) is 0 Å². The van der Waals surface area contributed by atoms with Gasteiger partial charge in [0.1, 0.15) is 12.1 Å². The number of nitrogens with zero attached hydrogens (tertiary/aromatic N) is 5. The minimum absolute atomic E-state index is 0.717. The molecule has 7 heteroatoms. The lowest BCUT2D eigenvalue weighted by molar-refractivity contribution is 0.198. The van der Waals surface area contributed by atoms with Gasteiger partial charge in [-0.2, -0.15) is 9.78 Å². The lowest BCUT2D eigenvalue weighted by Crippen LogP contribution is -2.07. The number of nitrogens with one attached hydrogen (secondary N) is 1. The molecule has 1 N–H and O–H groups in total. The first-order valence-corrected chi connectivity index (χ1v) is 6.73. The standard InChI is InChI=1S/C14H16N6O/c1-21-8-4-7-16-13-11-9-19-20(14(11)18-10-17-13)12-5-2-3-6-15-12/h2-3,5-6,9-10H,4,7-8H2,1H3,(H,16,17,18). The van der Waals surface area contributed by atoms with E-state index in [0.29, 0.717) is 6.61 Å². The quantitative estimate of drug-likeness (QED) is 0.694. The summed E-state index contributed by atoms with van der Waals surface area (Å²) in [6.45, 7) is 1.50. The normalized spacial score (nSPS) is 10.9. The molecule has 108 valence electrons. The summed E-state index contributed by atoms with van der Waals surface area (Å²) in [7, 11) is 1.69. The van der Waals surface area contributed by atoms with Gasteiger partial charge in [-0.25, -0.2) is 15.0 Å². The molecule has 0 bridgehead atoms. The number of anilines is 1. The van der Waals surface area contributed by atoms with Crippen molar-refractivity contribution in [2.75, 3.05) is 25.6 Å². The van der Waals surface area contributed by atoms with Gasteiger partial charge in [-0.15, -0.1) is 0 Å². The molecule has 0 aliphatic heterocycles. The highest BCUT2D eigenvalue weighted by molar-refractivity contribution is 5.86. The van der Waals surface area contributed by atoms with Crippen molar-refractivity contribution >= 4 is 16.9 Å². The molecule has 0 atom stereocenters. The Hall–Kier alpha value is -2.54. The minimum Gasteiger partial charge on any atom is -0.385 e. The molecule has 0 saturated heterocycles. The van der Waals surface area contributed by atoms with E-state index in [1.807, 2.05) is 18.2 Å². The lowest BCUT2D eigenvalue weighted by Gasteiger charge is -2.06. The Balaban J connectivity index is 1.89. The summed E-state index contributed by atoms with van der Waals surface area (Å²) >= 11 is 0. The van der Waals surface area contributed by atoms with Crippen LogP contribution in [-0.4, -0.2) is 45.0 Å². The van der Waals surface area contributed by atoms with E-state index in [2.05, 4.69) is 25.4 Å². The molecule has 0 unspecified atom stereocenters. The van der Waals surface area contributed by atoms with Crippen LogP contribution in [0.25, 0.3) is 16.9 Å². The van der Waals surface area contributed by atoms with Gasteiger partial charge >= 0.3 is 0 Å². The predicted octanol–water partition coefficient (Wildman–Crippen LogP) is 1.66. The van der Waals surface area contributed by atoms with Gasteiger partial charge in [0.2, 0.25) is 0 Å². The largest absolute Gasteiger partial charge is 0.385 e. The molecule has 0 saturated carbocycles. The van der Waals surface area contributed by atoms with Crippen LogP contribution in [-0.2, 0) is 4.74 Å². The van der Waals surface area contributed by atoms with Gasteiger partial charge in [-0.05, 0) is 18.6 Å². The van der Waals surface area contributed by atoms with E-state index in [4.69, 9.17) is 4.74 Å². The number of pyridine rings is 1. The maximum atomic E-state index is 5.03. The summed E-state index contributed by atoms with van der Waals surface area (Å²) in [5.41, 5.74) is 0.734. The maximum absolute atomic E-state index is 5.03. The Morgan fingerprint density at radius 3 is 3.00 bits per heavy atom. The number of methoxy groups -OCH3 is 1. The monoisotopic (exact) mass is 284 g/mol. The zero-order valence-electron chi connectivity index (χ0n) is 11.7. The third-order valence-electron chi connectivity index (χ3n) is 3.05. The molecular formula is C14H16N6O. The topological polar surface area (TPSA) is 77.8 Å². The number of fused-ring (bicyclic) bond motifs is 1. The Bertz CT molecular complexity index is 712. The van der Waals surface area contributed by atoms with E-state index in [1.165, 1.54) is 6.33 Å². The van der Waals surface area contributed by atoms with E-state index < -0.39 is 0 Å². The zero-order valence-corrected chi connectivity index (χ0v) is 11.7. The van der Waals surface area contributed by atoms with Gasteiger partial charge in [0.05, 0.1) is 11.6 Å². The molecule has 3 heterocycles. The molecule has 21 heavy (non-hydrogen) atoms. The summed E-state index contributed by atoms with van der Waals surface area (Å²) in [5, 5.41) is 8.52. The van der Waals surface area contributed by atoms with Crippen LogP contribution in [0.4, 0.5) is 5.82 Å². The van der Waals surface area contributed by atoms with Crippen LogP contribution in [0.3, 0.4) is 0 Å². The van der Waals surface area contributed by atoms with Crippen LogP contribution in [0, 0.1) is 0 Å². The highest BCUT2D eigenvalue weighted by atomic mass is 16.5. The zero-order chi connectivity index (χ0) is 14.5. The first-order chi connectivity index (χ1) is 10.4. The minimum atomic E-state index is 0.717. The van der Waals surface area contributed by atoms with Crippen molar-refractivity contribution in [3.8, 4) is 5.82 Å². The van der Waals surface area contributed by atoms with Crippen LogP contribution >= 0.6 is 0 Å². The summed E-state index contributed by atoms with van der Waals surface area (Å²) < 4.78 is 6.74. The van der Waals surface area contributed by atoms with Crippen molar-refractivity contribution in [2.45, 2.75) is 6.42 Å². The first kappa shape index (κ1) is 13.4. The van der Waals surface area contributed by atoms with E-state index in [0.717, 1.165) is 35.6 Å². The number of rotatable bonds is 6. The summed E-state index contributed by atoms with van der Waals surface area (Å²) in [5.74, 6) is 1.51. The summed E-state index contributed by atoms with van der Waals surface area (Å²) in [6, 6.07) is 5.67. The molecule has 0 aliphatic carbocycles. The number of hydrogen-bond donors (Lipinski definition) is 1. The fourth-order valence-corrected chi connectivity index (χ4v) is 2.05. The fraction of sp³-hybridized carbons (Fsp3) is 0.286. The van der Waals surface area contributed by atoms with Crippen molar-refractivity contribution < 1.29 is 4.74 Å². The van der Waals surface area contributed by atoms with E-state index in [-0.39, 0.29) is 0 Å². The molecule has 3 rings (SSSR count). The van der Waals surface area contributed by atoms with Crippen LogP contribution in [0.1, 0.15) is 6.42 Å². The van der Waals surface area contributed by atoms with Crippen LogP contribution in [0.15, 0.2) is 36.9 Å². The Morgan fingerprint density at radius 2 is 2.19 bits per heavy atom. The molecule has 0 aromatic carbocycles. The Labute approximate surface area is 122 Å². The molecule has 0 fully saturated rings. The second-order valence-corrected chi connectivity index (χ2v) is 4.48. The van der Waals surface area contributed by atoms with Crippen molar-refractivity contribution in [3.63, 3.8) is 0 Å². The molecule has 3 aromatic heterocycles.